The summed E-state index contributed by atoms with van der Waals surface area (Å²) in [5.41, 5.74) is 0.0799. The predicted octanol–water partition coefficient (Wildman–Crippen LogP) is 0.967. The number of hydrogen-bond donors (Lipinski definition) is 3. The van der Waals surface area contributed by atoms with E-state index in [0.717, 1.165) is 18.2 Å². The zero-order valence-electron chi connectivity index (χ0n) is 11.0. The Morgan fingerprint density at radius 2 is 2.10 bits per heavy atom. The van der Waals surface area contributed by atoms with Crippen LogP contribution < -0.4 is 4.72 Å². The molecule has 0 atom stereocenters. The van der Waals surface area contributed by atoms with E-state index in [0.29, 0.717) is 0 Å². The van der Waals surface area contributed by atoms with E-state index < -0.39 is 34.8 Å². The normalized spacial score (nSPS) is 11.8. The smallest absolute Gasteiger partial charge is 0.244 e. The van der Waals surface area contributed by atoms with Crippen molar-refractivity contribution in [3.05, 3.63) is 46.8 Å². The minimum absolute atomic E-state index is 0.0419. The van der Waals surface area contributed by atoms with Crippen LogP contribution in [0.5, 0.6) is 0 Å². The third kappa shape index (κ3) is 3.26. The summed E-state index contributed by atoms with van der Waals surface area (Å²) in [6, 6.07) is 2.77. The molecule has 0 bridgehead atoms. The third-order valence-corrected chi connectivity index (χ3v) is 4.44. The Kier molecular flexibility index (Phi) is 4.35. The van der Waals surface area contributed by atoms with E-state index in [2.05, 4.69) is 14.9 Å². The second kappa shape index (κ2) is 5.88. The highest BCUT2D eigenvalue weighted by molar-refractivity contribution is 7.89. The monoisotopic (exact) mass is 317 g/mol. The van der Waals surface area contributed by atoms with Gasteiger partial charge in [0.15, 0.2) is 0 Å². The average Bonchev–Trinajstić information content (AvgIpc) is 2.82. The van der Waals surface area contributed by atoms with Gasteiger partial charge in [0, 0.05) is 12.1 Å². The molecule has 1 aromatic heterocycles. The van der Waals surface area contributed by atoms with E-state index in [1.807, 2.05) is 0 Å². The number of aromatic amines is 1. The van der Waals surface area contributed by atoms with Gasteiger partial charge in [-0.1, -0.05) is 0 Å². The molecule has 0 fully saturated rings. The quantitative estimate of drug-likeness (QED) is 0.766. The average molecular weight is 317 g/mol. The Morgan fingerprint density at radius 3 is 2.76 bits per heavy atom. The van der Waals surface area contributed by atoms with Crippen molar-refractivity contribution < 1.29 is 22.3 Å². The van der Waals surface area contributed by atoms with Crippen molar-refractivity contribution in [1.29, 1.82) is 0 Å². The van der Waals surface area contributed by atoms with Gasteiger partial charge in [-0.15, -0.1) is 0 Å². The summed E-state index contributed by atoms with van der Waals surface area (Å²) in [5, 5.41) is 15.2. The summed E-state index contributed by atoms with van der Waals surface area (Å²) in [7, 11) is -4.01. The number of nitrogens with one attached hydrogen (secondary N) is 2. The standard InChI is InChI=1S/C12H13F2N3O3S/c1-7-12(11(6-18)17-16-7)21(19,20)15-5-8-4-9(13)2-3-10(8)14/h2-4,15,18H,5-6H2,1H3,(H,16,17). The van der Waals surface area contributed by atoms with Gasteiger partial charge >= 0.3 is 0 Å². The van der Waals surface area contributed by atoms with E-state index in [-0.39, 0.29) is 21.8 Å². The molecule has 0 radical (unpaired) electrons. The molecule has 3 N–H and O–H groups in total. The Bertz CT molecular complexity index is 759. The van der Waals surface area contributed by atoms with E-state index in [1.165, 1.54) is 6.92 Å². The number of aryl methyl sites for hydroxylation is 1. The zero-order chi connectivity index (χ0) is 15.6. The van der Waals surface area contributed by atoms with Crippen molar-refractivity contribution in [2.75, 3.05) is 0 Å². The van der Waals surface area contributed by atoms with Gasteiger partial charge in [0.1, 0.15) is 22.2 Å². The minimum Gasteiger partial charge on any atom is -0.390 e. The number of benzene rings is 1. The molecule has 0 aliphatic rings. The first kappa shape index (κ1) is 15.5. The Labute approximate surface area is 119 Å². The molecular formula is C12H13F2N3O3S. The van der Waals surface area contributed by atoms with Crippen molar-refractivity contribution in [2.45, 2.75) is 25.0 Å². The van der Waals surface area contributed by atoms with Crippen LogP contribution in [0.2, 0.25) is 0 Å². The van der Waals surface area contributed by atoms with Crippen LogP contribution in [-0.4, -0.2) is 23.7 Å². The van der Waals surface area contributed by atoms with Crippen LogP contribution in [0, 0.1) is 18.6 Å². The minimum atomic E-state index is -4.01. The van der Waals surface area contributed by atoms with Gasteiger partial charge in [0.2, 0.25) is 10.0 Å². The second-order valence-electron chi connectivity index (χ2n) is 4.34. The SMILES string of the molecule is Cc1[nH]nc(CO)c1S(=O)(=O)NCc1cc(F)ccc1F. The molecule has 0 aliphatic carbocycles. The molecule has 6 nitrogen and oxygen atoms in total. The Balaban J connectivity index is 2.26. The highest BCUT2D eigenvalue weighted by Crippen LogP contribution is 2.18. The van der Waals surface area contributed by atoms with Gasteiger partial charge in [-0.2, -0.15) is 5.10 Å². The van der Waals surface area contributed by atoms with Crippen LogP contribution >= 0.6 is 0 Å². The number of aromatic nitrogens is 2. The summed E-state index contributed by atoms with van der Waals surface area (Å²) in [6.45, 7) is 0.500. The van der Waals surface area contributed by atoms with E-state index >= 15 is 0 Å². The first-order valence-corrected chi connectivity index (χ1v) is 7.41. The number of aliphatic hydroxyl groups is 1. The van der Waals surface area contributed by atoms with Gasteiger partial charge in [0.05, 0.1) is 12.3 Å². The number of nitrogens with zero attached hydrogens (tertiary/aromatic N) is 1. The summed E-state index contributed by atoms with van der Waals surface area (Å²) in [6.07, 6.45) is 0. The van der Waals surface area contributed by atoms with E-state index in [1.54, 1.807) is 0 Å². The molecule has 0 saturated heterocycles. The maximum absolute atomic E-state index is 13.5. The van der Waals surface area contributed by atoms with Crippen molar-refractivity contribution in [2.24, 2.45) is 0 Å². The molecular weight excluding hydrogens is 304 g/mol. The van der Waals surface area contributed by atoms with Gasteiger partial charge < -0.3 is 5.11 Å². The fraction of sp³-hybridized carbons (Fsp3) is 0.250. The van der Waals surface area contributed by atoms with Crippen molar-refractivity contribution in [3.8, 4) is 0 Å². The van der Waals surface area contributed by atoms with Crippen LogP contribution in [0.15, 0.2) is 23.1 Å². The van der Waals surface area contributed by atoms with Gasteiger partial charge in [-0.05, 0) is 25.1 Å². The topological polar surface area (TPSA) is 95.1 Å². The first-order chi connectivity index (χ1) is 9.85. The highest BCUT2D eigenvalue weighted by atomic mass is 32.2. The van der Waals surface area contributed by atoms with Crippen molar-refractivity contribution in [1.82, 2.24) is 14.9 Å². The molecule has 2 rings (SSSR count). The second-order valence-corrected chi connectivity index (χ2v) is 6.05. The summed E-state index contributed by atoms with van der Waals surface area (Å²) in [5.74, 6) is -1.38. The molecule has 0 unspecified atom stereocenters. The molecule has 0 amide bonds. The number of H-pyrrole nitrogens is 1. The van der Waals surface area contributed by atoms with Gasteiger partial charge in [-0.3, -0.25) is 5.10 Å². The number of hydrogen-bond acceptors (Lipinski definition) is 4. The molecule has 1 heterocycles. The summed E-state index contributed by atoms with van der Waals surface area (Å²) in [4.78, 5) is -0.193. The molecule has 0 saturated carbocycles. The number of aliphatic hydroxyl groups excluding tert-OH is 1. The number of halogens is 2. The lowest BCUT2D eigenvalue weighted by Crippen LogP contribution is -2.25. The molecule has 0 spiro atoms. The molecule has 21 heavy (non-hydrogen) atoms. The van der Waals surface area contributed by atoms with Crippen LogP contribution in [0.4, 0.5) is 8.78 Å². The molecule has 9 heteroatoms. The van der Waals surface area contributed by atoms with Gasteiger partial charge in [0.25, 0.3) is 0 Å². The van der Waals surface area contributed by atoms with E-state index in [4.69, 9.17) is 5.11 Å². The lowest BCUT2D eigenvalue weighted by Gasteiger charge is -2.08. The van der Waals surface area contributed by atoms with Crippen LogP contribution in [0.25, 0.3) is 0 Å². The Morgan fingerprint density at radius 1 is 1.38 bits per heavy atom. The first-order valence-electron chi connectivity index (χ1n) is 5.93. The highest BCUT2D eigenvalue weighted by Gasteiger charge is 2.24. The third-order valence-electron chi connectivity index (χ3n) is 2.84. The largest absolute Gasteiger partial charge is 0.390 e. The predicted molar refractivity (Wildman–Crippen MR) is 69.6 cm³/mol. The van der Waals surface area contributed by atoms with Crippen molar-refractivity contribution >= 4 is 10.0 Å². The van der Waals surface area contributed by atoms with Crippen LogP contribution in [-0.2, 0) is 23.2 Å². The fourth-order valence-corrected chi connectivity index (χ4v) is 3.22. The number of rotatable bonds is 5. The summed E-state index contributed by atoms with van der Waals surface area (Å²) >= 11 is 0. The molecule has 0 aliphatic heterocycles. The maximum Gasteiger partial charge on any atom is 0.244 e. The lowest BCUT2D eigenvalue weighted by atomic mass is 10.2. The van der Waals surface area contributed by atoms with E-state index in [9.17, 15) is 17.2 Å². The maximum atomic E-state index is 13.5. The zero-order valence-corrected chi connectivity index (χ0v) is 11.8. The summed E-state index contributed by atoms with van der Waals surface area (Å²) < 4.78 is 53.0. The van der Waals surface area contributed by atoms with Crippen LogP contribution in [0.3, 0.4) is 0 Å². The molecule has 2 aromatic rings. The Hall–Kier alpha value is -1.84. The lowest BCUT2D eigenvalue weighted by molar-refractivity contribution is 0.273. The fourth-order valence-electron chi connectivity index (χ4n) is 1.86. The number of sulfonamides is 1. The molecule has 1 aromatic carbocycles. The van der Waals surface area contributed by atoms with Crippen molar-refractivity contribution in [3.63, 3.8) is 0 Å². The van der Waals surface area contributed by atoms with Gasteiger partial charge in [-0.25, -0.2) is 21.9 Å². The molecule has 114 valence electrons. The van der Waals surface area contributed by atoms with Crippen LogP contribution in [0.1, 0.15) is 17.0 Å².